The van der Waals surface area contributed by atoms with Crippen LogP contribution in [0.15, 0.2) is 0 Å². The molecule has 1 saturated heterocycles. The molecule has 2 rings (SSSR count). The maximum atomic E-state index is 13.0. The first-order valence-corrected chi connectivity index (χ1v) is 8.35. The molecule has 0 radical (unpaired) electrons. The first kappa shape index (κ1) is 16.3. The van der Waals surface area contributed by atoms with Crippen molar-refractivity contribution in [3.05, 3.63) is 0 Å². The molecule has 1 aliphatic carbocycles. The summed E-state index contributed by atoms with van der Waals surface area (Å²) in [7, 11) is 0. The molecule has 120 valence electrons. The fraction of sp³-hybridized carbons (Fsp3) is 0.882. The topological polar surface area (TPSA) is 49.4 Å². The van der Waals surface area contributed by atoms with Gasteiger partial charge in [-0.15, -0.1) is 0 Å². The van der Waals surface area contributed by atoms with Gasteiger partial charge in [0, 0.05) is 19.5 Å². The molecule has 4 heteroatoms. The van der Waals surface area contributed by atoms with Gasteiger partial charge in [-0.25, -0.2) is 0 Å². The fourth-order valence-electron chi connectivity index (χ4n) is 3.30. The number of nitrogens with zero attached hydrogens (tertiary/aromatic N) is 1. The zero-order valence-corrected chi connectivity index (χ0v) is 14.0. The Morgan fingerprint density at radius 1 is 1.19 bits per heavy atom. The number of carbonyl (C=O) groups is 2. The number of carbonyl (C=O) groups excluding carboxylic acids is 2. The Kier molecular flexibility index (Phi) is 4.64. The van der Waals surface area contributed by atoms with Gasteiger partial charge < -0.3 is 10.2 Å². The van der Waals surface area contributed by atoms with E-state index in [9.17, 15) is 9.59 Å². The number of rotatable bonds is 2. The average molecular weight is 294 g/mol. The van der Waals surface area contributed by atoms with Crippen molar-refractivity contribution in [1.29, 1.82) is 0 Å². The van der Waals surface area contributed by atoms with Crippen molar-refractivity contribution in [2.24, 2.45) is 11.3 Å². The van der Waals surface area contributed by atoms with Gasteiger partial charge in [-0.3, -0.25) is 9.59 Å². The minimum absolute atomic E-state index is 0.0381. The molecule has 0 aromatic carbocycles. The summed E-state index contributed by atoms with van der Waals surface area (Å²) in [4.78, 5) is 27.0. The molecule has 4 nitrogen and oxygen atoms in total. The molecule has 21 heavy (non-hydrogen) atoms. The van der Waals surface area contributed by atoms with Gasteiger partial charge in [0.1, 0.15) is 5.54 Å². The van der Waals surface area contributed by atoms with Crippen LogP contribution in [-0.4, -0.2) is 35.3 Å². The lowest BCUT2D eigenvalue weighted by molar-refractivity contribution is -0.141. The van der Waals surface area contributed by atoms with Crippen molar-refractivity contribution in [2.45, 2.75) is 71.8 Å². The lowest BCUT2D eigenvalue weighted by Crippen LogP contribution is -2.58. The van der Waals surface area contributed by atoms with E-state index in [0.717, 1.165) is 32.2 Å². The van der Waals surface area contributed by atoms with Crippen LogP contribution < -0.4 is 5.32 Å². The molecule has 2 fully saturated rings. The third kappa shape index (κ3) is 3.58. The Labute approximate surface area is 128 Å². The fourth-order valence-corrected chi connectivity index (χ4v) is 3.30. The van der Waals surface area contributed by atoms with Crippen molar-refractivity contribution in [3.63, 3.8) is 0 Å². The molecule has 2 amide bonds. The van der Waals surface area contributed by atoms with Crippen LogP contribution in [0.25, 0.3) is 0 Å². The van der Waals surface area contributed by atoms with Crippen molar-refractivity contribution < 1.29 is 9.59 Å². The first-order valence-electron chi connectivity index (χ1n) is 8.35. The summed E-state index contributed by atoms with van der Waals surface area (Å²) < 4.78 is 0. The zero-order valence-electron chi connectivity index (χ0n) is 14.0. The van der Waals surface area contributed by atoms with Crippen LogP contribution in [-0.2, 0) is 9.59 Å². The average Bonchev–Trinajstić information content (AvgIpc) is 2.51. The van der Waals surface area contributed by atoms with Crippen LogP contribution in [0.5, 0.6) is 0 Å². The van der Waals surface area contributed by atoms with Crippen LogP contribution in [0.4, 0.5) is 0 Å². The summed E-state index contributed by atoms with van der Waals surface area (Å²) in [5.41, 5.74) is -0.437. The van der Waals surface area contributed by atoms with Crippen molar-refractivity contribution in [1.82, 2.24) is 10.2 Å². The van der Waals surface area contributed by atoms with Gasteiger partial charge in [0.25, 0.3) is 0 Å². The number of hydrogen-bond donors (Lipinski definition) is 1. The van der Waals surface area contributed by atoms with Crippen molar-refractivity contribution in [3.8, 4) is 0 Å². The highest BCUT2D eigenvalue weighted by Crippen LogP contribution is 2.33. The molecule has 2 aliphatic rings. The Morgan fingerprint density at radius 3 is 2.38 bits per heavy atom. The normalized spacial score (nSPS) is 24.7. The minimum Gasteiger partial charge on any atom is -0.342 e. The van der Waals surface area contributed by atoms with Crippen LogP contribution in [0.1, 0.15) is 66.2 Å². The molecule has 1 unspecified atom stereocenters. The lowest BCUT2D eigenvalue weighted by atomic mass is 9.79. The highest BCUT2D eigenvalue weighted by molar-refractivity contribution is 5.93. The highest BCUT2D eigenvalue weighted by Gasteiger charge is 2.45. The van der Waals surface area contributed by atoms with E-state index in [2.05, 4.69) is 33.0 Å². The summed E-state index contributed by atoms with van der Waals surface area (Å²) in [5, 5.41) is 3.06. The number of amides is 2. The van der Waals surface area contributed by atoms with Gasteiger partial charge in [0.05, 0.1) is 0 Å². The largest absolute Gasteiger partial charge is 0.342 e. The zero-order chi connectivity index (χ0) is 15.7. The van der Waals surface area contributed by atoms with Crippen molar-refractivity contribution >= 4 is 11.8 Å². The van der Waals surface area contributed by atoms with Crippen LogP contribution in [0, 0.1) is 11.3 Å². The summed E-state index contributed by atoms with van der Waals surface area (Å²) in [6.07, 6.45) is 5.28. The van der Waals surface area contributed by atoms with Crippen LogP contribution in [0.3, 0.4) is 0 Å². The van der Waals surface area contributed by atoms with Gasteiger partial charge >= 0.3 is 0 Å². The van der Waals surface area contributed by atoms with E-state index in [0.29, 0.717) is 18.9 Å². The summed E-state index contributed by atoms with van der Waals surface area (Å²) in [5.74, 6) is 0.607. The van der Waals surface area contributed by atoms with E-state index >= 15 is 0 Å². The third-order valence-electron chi connectivity index (χ3n) is 5.36. The maximum absolute atomic E-state index is 13.0. The van der Waals surface area contributed by atoms with Crippen LogP contribution >= 0.6 is 0 Å². The summed E-state index contributed by atoms with van der Waals surface area (Å²) in [6, 6.07) is 0. The Morgan fingerprint density at radius 2 is 1.81 bits per heavy atom. The molecule has 1 heterocycles. The highest BCUT2D eigenvalue weighted by atomic mass is 16.2. The van der Waals surface area contributed by atoms with Gasteiger partial charge in [-0.2, -0.15) is 0 Å². The van der Waals surface area contributed by atoms with E-state index in [1.54, 1.807) is 0 Å². The van der Waals surface area contributed by atoms with Crippen LogP contribution in [0.2, 0.25) is 0 Å². The van der Waals surface area contributed by atoms with E-state index < -0.39 is 5.54 Å². The second-order valence-corrected chi connectivity index (χ2v) is 7.96. The molecule has 1 saturated carbocycles. The molecule has 1 N–H and O–H groups in total. The Bertz CT molecular complexity index is 406. The molecule has 0 aromatic heterocycles. The molecule has 1 atom stereocenters. The van der Waals surface area contributed by atoms with Gasteiger partial charge in [0.15, 0.2) is 0 Å². The molecular formula is C17H30N2O2. The van der Waals surface area contributed by atoms with Crippen molar-refractivity contribution in [2.75, 3.05) is 13.1 Å². The SMILES string of the molecule is CC(CN1CCC(=O)NC2(CCCCC2)C1=O)C(C)(C)C. The standard InChI is InChI=1S/C17H30N2O2/c1-13(16(2,3)4)12-19-11-8-14(20)18-17(15(19)21)9-6-5-7-10-17/h13H,5-12H2,1-4H3,(H,18,20). The third-order valence-corrected chi connectivity index (χ3v) is 5.36. The van der Waals surface area contributed by atoms with Gasteiger partial charge in [0.2, 0.25) is 11.8 Å². The number of hydrogen-bond acceptors (Lipinski definition) is 2. The predicted octanol–water partition coefficient (Wildman–Crippen LogP) is 2.72. The predicted molar refractivity (Wildman–Crippen MR) is 83.8 cm³/mol. The summed E-state index contributed by atoms with van der Waals surface area (Å²) in [6.45, 7) is 10.1. The van der Waals surface area contributed by atoms with E-state index in [-0.39, 0.29) is 17.2 Å². The Balaban J connectivity index is 2.17. The molecule has 1 spiro atoms. The minimum atomic E-state index is -0.608. The monoisotopic (exact) mass is 294 g/mol. The van der Waals surface area contributed by atoms with E-state index in [4.69, 9.17) is 0 Å². The van der Waals surface area contributed by atoms with Gasteiger partial charge in [-0.05, 0) is 24.2 Å². The smallest absolute Gasteiger partial charge is 0.248 e. The van der Waals surface area contributed by atoms with E-state index in [1.165, 1.54) is 6.42 Å². The summed E-state index contributed by atoms with van der Waals surface area (Å²) >= 11 is 0. The maximum Gasteiger partial charge on any atom is 0.248 e. The second kappa shape index (κ2) is 5.98. The number of nitrogens with one attached hydrogen (secondary N) is 1. The van der Waals surface area contributed by atoms with E-state index in [1.807, 2.05) is 4.90 Å². The molecule has 0 bridgehead atoms. The molecular weight excluding hydrogens is 264 g/mol. The first-order chi connectivity index (χ1) is 9.74. The molecule has 1 aliphatic heterocycles. The quantitative estimate of drug-likeness (QED) is 0.851. The van der Waals surface area contributed by atoms with Gasteiger partial charge in [-0.1, -0.05) is 47.0 Å². The Hall–Kier alpha value is -1.06. The lowest BCUT2D eigenvalue weighted by Gasteiger charge is -2.40. The second-order valence-electron chi connectivity index (χ2n) is 7.96. The molecule has 0 aromatic rings.